The van der Waals surface area contributed by atoms with E-state index in [1.165, 1.54) is 6.42 Å². The number of rotatable bonds is 3. The zero-order valence-electron chi connectivity index (χ0n) is 12.3. The number of nitrogens with zero attached hydrogens (tertiary/aromatic N) is 1. The molecule has 2 saturated heterocycles. The van der Waals surface area contributed by atoms with Crippen LogP contribution in [0.3, 0.4) is 0 Å². The Morgan fingerprint density at radius 1 is 1.35 bits per heavy atom. The summed E-state index contributed by atoms with van der Waals surface area (Å²) in [6, 6.07) is 10.6. The van der Waals surface area contributed by atoms with Gasteiger partial charge in [0.25, 0.3) is 0 Å². The maximum atomic E-state index is 12.0. The van der Waals surface area contributed by atoms with Crippen LogP contribution in [-0.4, -0.2) is 30.5 Å². The molecule has 0 aromatic heterocycles. The average Bonchev–Trinajstić information content (AvgIpc) is 2.48. The van der Waals surface area contributed by atoms with E-state index in [0.29, 0.717) is 18.4 Å². The Bertz CT molecular complexity index is 487. The summed E-state index contributed by atoms with van der Waals surface area (Å²) in [5.41, 5.74) is 0.715. The van der Waals surface area contributed by atoms with Gasteiger partial charge in [-0.2, -0.15) is 0 Å². The average molecular weight is 273 g/mol. The van der Waals surface area contributed by atoms with Crippen molar-refractivity contribution in [1.29, 1.82) is 0 Å². The highest BCUT2D eigenvalue weighted by Gasteiger charge is 2.53. The molecule has 1 saturated carbocycles. The summed E-state index contributed by atoms with van der Waals surface area (Å²) < 4.78 is 6.04. The zero-order chi connectivity index (χ0) is 14.2. The molecule has 2 aliphatic heterocycles. The summed E-state index contributed by atoms with van der Waals surface area (Å²) in [5, 5.41) is 0. The molecule has 3 fully saturated rings. The van der Waals surface area contributed by atoms with Crippen LogP contribution in [0.4, 0.5) is 0 Å². The van der Waals surface area contributed by atoms with Crippen molar-refractivity contribution in [1.82, 2.24) is 4.90 Å². The van der Waals surface area contributed by atoms with Gasteiger partial charge in [-0.3, -0.25) is 9.69 Å². The molecule has 0 N–H and O–H groups in total. The molecule has 2 bridgehead atoms. The second-order valence-corrected chi connectivity index (χ2v) is 6.19. The Morgan fingerprint density at radius 3 is 2.70 bits per heavy atom. The van der Waals surface area contributed by atoms with Gasteiger partial charge in [0.1, 0.15) is 0 Å². The molecular formula is C17H23NO2. The number of piperidine rings is 2. The molecule has 1 aromatic rings. The van der Waals surface area contributed by atoms with E-state index in [1.807, 2.05) is 25.1 Å². The summed E-state index contributed by atoms with van der Waals surface area (Å²) in [5.74, 6) is 0.546. The van der Waals surface area contributed by atoms with E-state index in [-0.39, 0.29) is 5.97 Å². The fourth-order valence-electron chi connectivity index (χ4n) is 4.03. The van der Waals surface area contributed by atoms with Crippen molar-refractivity contribution in [2.45, 2.75) is 44.2 Å². The van der Waals surface area contributed by atoms with Gasteiger partial charge in [0.15, 0.2) is 5.60 Å². The summed E-state index contributed by atoms with van der Waals surface area (Å²) in [6.45, 7) is 2.99. The van der Waals surface area contributed by atoms with Crippen LogP contribution in [-0.2, 0) is 15.1 Å². The Balaban J connectivity index is 2.02. The van der Waals surface area contributed by atoms with Crippen LogP contribution in [0, 0.1) is 5.92 Å². The van der Waals surface area contributed by atoms with Gasteiger partial charge in [-0.05, 0) is 37.8 Å². The number of fused-ring (bicyclic) bond motifs is 3. The van der Waals surface area contributed by atoms with Crippen molar-refractivity contribution in [3.05, 3.63) is 35.9 Å². The molecule has 4 rings (SSSR count). The molecule has 0 radical (unpaired) electrons. The maximum absolute atomic E-state index is 12.0. The van der Waals surface area contributed by atoms with E-state index in [9.17, 15) is 4.79 Å². The van der Waals surface area contributed by atoms with E-state index in [4.69, 9.17) is 4.74 Å². The Labute approximate surface area is 120 Å². The third kappa shape index (κ3) is 2.14. The fraction of sp³-hybridized carbons (Fsp3) is 0.588. The van der Waals surface area contributed by atoms with E-state index < -0.39 is 5.60 Å². The third-order valence-corrected chi connectivity index (χ3v) is 4.90. The molecule has 3 nitrogen and oxygen atoms in total. The normalized spacial score (nSPS) is 33.1. The molecule has 3 atom stereocenters. The first-order valence-corrected chi connectivity index (χ1v) is 7.63. The number of benzene rings is 1. The van der Waals surface area contributed by atoms with Crippen LogP contribution in [0.25, 0.3) is 0 Å². The maximum Gasteiger partial charge on any atom is 0.306 e. The predicted octanol–water partition coefficient (Wildman–Crippen LogP) is 2.95. The molecule has 0 unspecified atom stereocenters. The van der Waals surface area contributed by atoms with Crippen molar-refractivity contribution >= 4 is 5.97 Å². The highest BCUT2D eigenvalue weighted by atomic mass is 16.6. The molecule has 3 aliphatic rings. The Morgan fingerprint density at radius 2 is 2.10 bits per heavy atom. The van der Waals surface area contributed by atoms with Crippen molar-refractivity contribution in [2.24, 2.45) is 5.92 Å². The lowest BCUT2D eigenvalue weighted by molar-refractivity contribution is -0.189. The van der Waals surface area contributed by atoms with E-state index in [1.54, 1.807) is 0 Å². The summed E-state index contributed by atoms with van der Waals surface area (Å²) >= 11 is 0. The zero-order valence-corrected chi connectivity index (χ0v) is 12.3. The van der Waals surface area contributed by atoms with Crippen LogP contribution in [0.2, 0.25) is 0 Å². The number of carbonyl (C=O) groups is 1. The first-order valence-electron chi connectivity index (χ1n) is 7.63. The second kappa shape index (κ2) is 5.21. The minimum atomic E-state index is -0.440. The Hall–Kier alpha value is -1.35. The van der Waals surface area contributed by atoms with Crippen molar-refractivity contribution in [3.8, 4) is 0 Å². The van der Waals surface area contributed by atoms with Crippen molar-refractivity contribution in [3.63, 3.8) is 0 Å². The van der Waals surface area contributed by atoms with E-state index >= 15 is 0 Å². The largest absolute Gasteiger partial charge is 0.452 e. The van der Waals surface area contributed by atoms with Crippen LogP contribution in [0.5, 0.6) is 0 Å². The van der Waals surface area contributed by atoms with Gasteiger partial charge in [0.2, 0.25) is 0 Å². The lowest BCUT2D eigenvalue weighted by Crippen LogP contribution is -2.61. The van der Waals surface area contributed by atoms with Crippen molar-refractivity contribution in [2.75, 3.05) is 13.6 Å². The standard InChI is InChI=1S/C17H23NO2/c1-3-16(19)20-17(14-7-5-4-6-8-14)11-13-9-10-15(17)18(2)12-13/h4-8,13,15H,3,9-12H2,1-2H3/t13-,15+,17-/m1/s1. The monoisotopic (exact) mass is 273 g/mol. The minimum absolute atomic E-state index is 0.0881. The molecular weight excluding hydrogens is 250 g/mol. The summed E-state index contributed by atoms with van der Waals surface area (Å²) in [4.78, 5) is 14.4. The number of ether oxygens (including phenoxy) is 1. The molecule has 1 aromatic carbocycles. The number of likely N-dealkylation sites (N-methyl/N-ethyl adjacent to an activating group) is 1. The summed E-state index contributed by atoms with van der Waals surface area (Å²) in [6.07, 6.45) is 3.79. The third-order valence-electron chi connectivity index (χ3n) is 4.90. The quantitative estimate of drug-likeness (QED) is 0.793. The first-order chi connectivity index (χ1) is 9.65. The first kappa shape index (κ1) is 13.6. The molecule has 1 aliphatic carbocycles. The molecule has 2 heterocycles. The van der Waals surface area contributed by atoms with Crippen LogP contribution in [0.1, 0.15) is 38.2 Å². The predicted molar refractivity (Wildman–Crippen MR) is 78.3 cm³/mol. The van der Waals surface area contributed by atoms with Gasteiger partial charge < -0.3 is 4.74 Å². The molecule has 3 heteroatoms. The smallest absolute Gasteiger partial charge is 0.306 e. The molecule has 108 valence electrons. The van der Waals surface area contributed by atoms with Gasteiger partial charge in [0, 0.05) is 13.0 Å². The molecule has 0 amide bonds. The topological polar surface area (TPSA) is 29.5 Å². The van der Waals surface area contributed by atoms with Gasteiger partial charge in [-0.1, -0.05) is 37.3 Å². The highest BCUT2D eigenvalue weighted by molar-refractivity contribution is 5.70. The van der Waals surface area contributed by atoms with E-state index in [2.05, 4.69) is 24.1 Å². The lowest BCUT2D eigenvalue weighted by Gasteiger charge is -2.55. The van der Waals surface area contributed by atoms with Gasteiger partial charge in [0.05, 0.1) is 6.04 Å². The number of carbonyl (C=O) groups excluding carboxylic acids is 1. The highest BCUT2D eigenvalue weighted by Crippen LogP contribution is 2.49. The summed E-state index contributed by atoms with van der Waals surface area (Å²) in [7, 11) is 2.16. The second-order valence-electron chi connectivity index (χ2n) is 6.19. The Kier molecular flexibility index (Phi) is 3.55. The van der Waals surface area contributed by atoms with Crippen LogP contribution < -0.4 is 0 Å². The van der Waals surface area contributed by atoms with Gasteiger partial charge >= 0.3 is 5.97 Å². The fourth-order valence-corrected chi connectivity index (χ4v) is 4.03. The van der Waals surface area contributed by atoms with Gasteiger partial charge in [-0.25, -0.2) is 0 Å². The van der Waals surface area contributed by atoms with Crippen LogP contribution in [0.15, 0.2) is 30.3 Å². The van der Waals surface area contributed by atoms with E-state index in [0.717, 1.165) is 24.9 Å². The van der Waals surface area contributed by atoms with Crippen molar-refractivity contribution < 1.29 is 9.53 Å². The SMILES string of the molecule is CCC(=O)O[C@@]1(c2ccccc2)C[C@H]2CC[C@@H]1N(C)C2. The molecule has 20 heavy (non-hydrogen) atoms. The lowest BCUT2D eigenvalue weighted by atomic mass is 9.67. The minimum Gasteiger partial charge on any atom is -0.452 e. The molecule has 0 spiro atoms. The van der Waals surface area contributed by atoms with Crippen LogP contribution >= 0.6 is 0 Å². The number of hydrogen-bond acceptors (Lipinski definition) is 3. The number of esters is 1. The van der Waals surface area contributed by atoms with Gasteiger partial charge in [-0.15, -0.1) is 0 Å². The number of hydrogen-bond donors (Lipinski definition) is 0.